The fourth-order valence-electron chi connectivity index (χ4n) is 5.62. The van der Waals surface area contributed by atoms with Gasteiger partial charge in [-0.15, -0.1) is 0 Å². The summed E-state index contributed by atoms with van der Waals surface area (Å²) in [6.45, 7) is 9.29. The molecule has 0 amide bonds. The average Bonchev–Trinajstić information content (AvgIpc) is 3.81. The van der Waals surface area contributed by atoms with Gasteiger partial charge in [0.25, 0.3) is 0 Å². The fourth-order valence-corrected chi connectivity index (χ4v) is 5.62. The molecule has 49 heavy (non-hydrogen) atoms. The number of unbranched alkanes of at least 4 members (excludes halogenated alkanes) is 14. The van der Waals surface area contributed by atoms with Crippen LogP contribution in [-0.2, 0) is 35.7 Å². The second-order valence-electron chi connectivity index (χ2n) is 13.0. The summed E-state index contributed by atoms with van der Waals surface area (Å²) in [5.74, 6) is 1.89. The largest absolute Gasteiger partial charge is 0.390 e. The lowest BCUT2D eigenvalue weighted by Crippen LogP contribution is -1.96. The number of aryl methyl sites for hydroxylation is 4. The highest BCUT2D eigenvalue weighted by molar-refractivity contribution is 5.55. The number of aromatic nitrogens is 6. The summed E-state index contributed by atoms with van der Waals surface area (Å²) in [5, 5.41) is 9.15. The Bertz CT molecular complexity index is 1310. The quantitative estimate of drug-likeness (QED) is 0.0613. The van der Waals surface area contributed by atoms with Crippen molar-refractivity contribution < 1.29 is 14.6 Å². The topological polar surface area (TPSA) is 125 Å². The average molecular weight is 679 g/mol. The minimum atomic E-state index is 0.0428. The molecule has 0 aliphatic heterocycles. The van der Waals surface area contributed by atoms with Crippen LogP contribution >= 0.6 is 0 Å². The van der Waals surface area contributed by atoms with E-state index in [-0.39, 0.29) is 6.61 Å². The standard InChI is InChI=1S/C22H42N2O.C13H16N2O2.C5H8N2/c1-3-4-5-6-7-8-9-10-11-12-13-14-15-16-17-18-22-23-20(2)21(19-25)24-22;1-16-8-11-12(9-17-2)15-13(14-11)10-6-4-3-5-7-10;1-4-5(2)7-3-6-4/h25H,3-19H2,1-2H3,(H,23,24);3-7H,8-9H2,1-2H3,(H,14,15);3H,1-2H3,(H,6,7). The van der Waals surface area contributed by atoms with Crippen molar-refractivity contribution in [3.63, 3.8) is 0 Å². The van der Waals surface area contributed by atoms with Crippen molar-refractivity contribution in [2.75, 3.05) is 14.2 Å². The number of nitrogens with one attached hydrogen (secondary N) is 3. The van der Waals surface area contributed by atoms with E-state index in [4.69, 9.17) is 14.6 Å². The zero-order chi connectivity index (χ0) is 35.5. The van der Waals surface area contributed by atoms with Gasteiger partial charge >= 0.3 is 0 Å². The van der Waals surface area contributed by atoms with E-state index in [1.807, 2.05) is 51.1 Å². The van der Waals surface area contributed by atoms with Crippen LogP contribution in [0.2, 0.25) is 0 Å². The molecule has 4 aromatic rings. The van der Waals surface area contributed by atoms with E-state index in [1.54, 1.807) is 20.5 Å². The molecule has 0 saturated heterocycles. The van der Waals surface area contributed by atoms with Gasteiger partial charge in [0.1, 0.15) is 11.6 Å². The van der Waals surface area contributed by atoms with Crippen LogP contribution in [0.15, 0.2) is 36.7 Å². The van der Waals surface area contributed by atoms with E-state index < -0.39 is 0 Å². The highest BCUT2D eigenvalue weighted by atomic mass is 16.5. The van der Waals surface area contributed by atoms with Gasteiger partial charge in [-0.05, 0) is 27.2 Å². The number of H-pyrrole nitrogens is 3. The number of aromatic amines is 3. The number of aliphatic hydroxyl groups is 1. The third-order valence-corrected chi connectivity index (χ3v) is 8.76. The Morgan fingerprint density at radius 1 is 0.653 bits per heavy atom. The highest BCUT2D eigenvalue weighted by Gasteiger charge is 2.11. The number of rotatable bonds is 22. The summed E-state index contributed by atoms with van der Waals surface area (Å²) in [6.07, 6.45) is 23.7. The van der Waals surface area contributed by atoms with Gasteiger partial charge in [-0.1, -0.05) is 127 Å². The maximum Gasteiger partial charge on any atom is 0.137 e. The molecule has 0 aliphatic rings. The van der Waals surface area contributed by atoms with E-state index >= 15 is 0 Å². The number of imidazole rings is 3. The molecule has 0 spiro atoms. The molecule has 0 saturated carbocycles. The molecule has 4 rings (SSSR count). The maximum absolute atomic E-state index is 9.15. The molecular weight excluding hydrogens is 612 g/mol. The van der Waals surface area contributed by atoms with E-state index in [0.717, 1.165) is 57.8 Å². The third kappa shape index (κ3) is 17.8. The number of nitrogens with zero attached hydrogens (tertiary/aromatic N) is 3. The zero-order valence-corrected chi connectivity index (χ0v) is 31.5. The lowest BCUT2D eigenvalue weighted by atomic mass is 10.0. The molecule has 1 aromatic carbocycles. The van der Waals surface area contributed by atoms with E-state index in [2.05, 4.69) is 36.8 Å². The lowest BCUT2D eigenvalue weighted by Gasteiger charge is -2.03. The first-order valence-electron chi connectivity index (χ1n) is 18.7. The lowest BCUT2D eigenvalue weighted by molar-refractivity contribution is 0.164. The Morgan fingerprint density at radius 2 is 1.22 bits per heavy atom. The second-order valence-corrected chi connectivity index (χ2v) is 13.0. The zero-order valence-electron chi connectivity index (χ0n) is 31.5. The van der Waals surface area contributed by atoms with Crippen LogP contribution in [0.3, 0.4) is 0 Å². The molecule has 0 atom stereocenters. The van der Waals surface area contributed by atoms with Crippen molar-refractivity contribution >= 4 is 0 Å². The molecule has 0 unspecified atom stereocenters. The SMILES string of the molecule is CCCCCCCCCCCCCCCCCc1nc(CO)c(C)[nH]1.COCc1nc(-c2ccccc2)[nH]c1COC.Cc1nc[nH]c1C. The predicted molar refractivity (Wildman–Crippen MR) is 201 cm³/mol. The fraction of sp³-hybridized carbons (Fsp3) is 0.625. The molecular formula is C40H66N6O3. The monoisotopic (exact) mass is 679 g/mol. The maximum atomic E-state index is 9.15. The van der Waals surface area contributed by atoms with Gasteiger partial charge in [0.2, 0.25) is 0 Å². The minimum absolute atomic E-state index is 0.0428. The van der Waals surface area contributed by atoms with Crippen molar-refractivity contribution in [3.05, 3.63) is 76.6 Å². The van der Waals surface area contributed by atoms with Crippen LogP contribution in [0.1, 0.15) is 143 Å². The molecule has 0 aliphatic carbocycles. The van der Waals surface area contributed by atoms with Gasteiger partial charge in [0, 0.05) is 37.6 Å². The number of hydrogen-bond donors (Lipinski definition) is 4. The van der Waals surface area contributed by atoms with Gasteiger partial charge in [0.05, 0.1) is 48.9 Å². The Labute approximate surface area is 296 Å². The Hall–Kier alpha value is -3.27. The van der Waals surface area contributed by atoms with Gasteiger partial charge < -0.3 is 29.5 Å². The first-order valence-corrected chi connectivity index (χ1v) is 18.7. The second kappa shape index (κ2) is 26.6. The minimum Gasteiger partial charge on any atom is -0.390 e. The smallest absolute Gasteiger partial charge is 0.137 e. The summed E-state index contributed by atoms with van der Waals surface area (Å²) >= 11 is 0. The molecule has 3 aromatic heterocycles. The molecule has 9 nitrogen and oxygen atoms in total. The van der Waals surface area contributed by atoms with Crippen LogP contribution in [0, 0.1) is 20.8 Å². The van der Waals surface area contributed by atoms with Gasteiger partial charge in [-0.2, -0.15) is 0 Å². The molecule has 9 heteroatoms. The summed E-state index contributed by atoms with van der Waals surface area (Å²) in [7, 11) is 3.33. The van der Waals surface area contributed by atoms with Gasteiger partial charge in [0.15, 0.2) is 0 Å². The van der Waals surface area contributed by atoms with E-state index in [9.17, 15) is 0 Å². The molecule has 0 fully saturated rings. The van der Waals surface area contributed by atoms with Crippen molar-refractivity contribution in [1.82, 2.24) is 29.9 Å². The number of ether oxygens (including phenoxy) is 2. The predicted octanol–water partition coefficient (Wildman–Crippen LogP) is 10.0. The van der Waals surface area contributed by atoms with E-state index in [0.29, 0.717) is 13.2 Å². The normalized spacial score (nSPS) is 10.8. The van der Waals surface area contributed by atoms with Crippen molar-refractivity contribution in [1.29, 1.82) is 0 Å². The molecule has 0 radical (unpaired) electrons. The number of hydrogen-bond acceptors (Lipinski definition) is 6. The van der Waals surface area contributed by atoms with Crippen molar-refractivity contribution in [2.45, 2.75) is 150 Å². The highest BCUT2D eigenvalue weighted by Crippen LogP contribution is 2.19. The Kier molecular flexibility index (Phi) is 22.7. The Morgan fingerprint density at radius 3 is 1.67 bits per heavy atom. The van der Waals surface area contributed by atoms with Crippen LogP contribution in [0.4, 0.5) is 0 Å². The summed E-state index contributed by atoms with van der Waals surface area (Å²) in [5.41, 5.74) is 6.98. The van der Waals surface area contributed by atoms with Crippen LogP contribution in [0.5, 0.6) is 0 Å². The summed E-state index contributed by atoms with van der Waals surface area (Å²) in [6, 6.07) is 10.0. The van der Waals surface area contributed by atoms with E-state index in [1.165, 1.54) is 96.3 Å². The van der Waals surface area contributed by atoms with Crippen molar-refractivity contribution in [3.8, 4) is 11.4 Å². The number of methoxy groups -OCH3 is 2. The first-order chi connectivity index (χ1) is 23.9. The third-order valence-electron chi connectivity index (χ3n) is 8.76. The van der Waals surface area contributed by atoms with Crippen LogP contribution in [0.25, 0.3) is 11.4 Å². The van der Waals surface area contributed by atoms with Crippen LogP contribution in [-0.4, -0.2) is 49.2 Å². The summed E-state index contributed by atoms with van der Waals surface area (Å²) in [4.78, 5) is 22.4. The van der Waals surface area contributed by atoms with Crippen molar-refractivity contribution in [2.24, 2.45) is 0 Å². The van der Waals surface area contributed by atoms with Gasteiger partial charge in [-0.3, -0.25) is 0 Å². The summed E-state index contributed by atoms with van der Waals surface area (Å²) < 4.78 is 10.3. The first kappa shape index (κ1) is 41.9. The Balaban J connectivity index is 0.000000295. The number of aliphatic hydroxyl groups excluding tert-OH is 1. The molecule has 0 bridgehead atoms. The van der Waals surface area contributed by atoms with Crippen LogP contribution < -0.4 is 0 Å². The number of benzene rings is 1. The molecule has 3 heterocycles. The van der Waals surface area contributed by atoms with Gasteiger partial charge in [-0.25, -0.2) is 15.0 Å². The molecule has 274 valence electrons. The molecule has 4 N–H and O–H groups in total.